The van der Waals surface area contributed by atoms with Gasteiger partial charge in [0.1, 0.15) is 18.1 Å². The van der Waals surface area contributed by atoms with Crippen molar-refractivity contribution in [2.24, 2.45) is 17.2 Å². The van der Waals surface area contributed by atoms with E-state index in [0.717, 1.165) is 0 Å². The van der Waals surface area contributed by atoms with Crippen molar-refractivity contribution < 1.29 is 33.9 Å². The number of primary amides is 2. The van der Waals surface area contributed by atoms with Gasteiger partial charge in [0, 0.05) is 6.42 Å². The summed E-state index contributed by atoms with van der Waals surface area (Å²) in [4.78, 5) is 68.8. The summed E-state index contributed by atoms with van der Waals surface area (Å²) in [6, 6.07) is -4.89. The van der Waals surface area contributed by atoms with Gasteiger partial charge in [-0.25, -0.2) is 0 Å². The first-order valence-corrected chi connectivity index (χ1v) is 8.31. The van der Waals surface area contributed by atoms with Gasteiger partial charge in [0.15, 0.2) is 0 Å². The van der Waals surface area contributed by atoms with Crippen LogP contribution in [0.2, 0.25) is 0 Å². The summed E-state index contributed by atoms with van der Waals surface area (Å²) < 4.78 is 0. The van der Waals surface area contributed by atoms with Crippen LogP contribution in [0.4, 0.5) is 0 Å². The van der Waals surface area contributed by atoms with E-state index in [4.69, 9.17) is 22.3 Å². The van der Waals surface area contributed by atoms with Gasteiger partial charge in [-0.3, -0.25) is 28.8 Å². The van der Waals surface area contributed by atoms with E-state index in [1.165, 1.54) is 13.8 Å². The van der Waals surface area contributed by atoms with Crippen LogP contribution in [-0.2, 0) is 28.8 Å². The van der Waals surface area contributed by atoms with Crippen LogP contribution in [0.3, 0.4) is 0 Å². The highest BCUT2D eigenvalue weighted by Gasteiger charge is 2.28. The molecular weight excluding hydrogens is 376 g/mol. The Morgan fingerprint density at radius 1 is 0.821 bits per heavy atom. The maximum absolute atomic E-state index is 12.4. The summed E-state index contributed by atoms with van der Waals surface area (Å²) in [7, 11) is 0. The van der Waals surface area contributed by atoms with E-state index < -0.39 is 66.1 Å². The Kier molecular flexibility index (Phi) is 10.2. The summed E-state index contributed by atoms with van der Waals surface area (Å²) in [5.41, 5.74) is 15.5. The Balaban J connectivity index is 5.03. The van der Waals surface area contributed by atoms with Gasteiger partial charge in [-0.2, -0.15) is 0 Å². The highest BCUT2D eigenvalue weighted by atomic mass is 16.4. The zero-order valence-electron chi connectivity index (χ0n) is 15.6. The third-order valence-corrected chi connectivity index (χ3v) is 3.55. The molecule has 0 saturated carbocycles. The zero-order chi connectivity index (χ0) is 22.0. The maximum atomic E-state index is 12.4. The third-order valence-electron chi connectivity index (χ3n) is 3.55. The fourth-order valence-electron chi connectivity index (χ4n) is 1.92. The van der Waals surface area contributed by atoms with Crippen molar-refractivity contribution in [2.45, 2.75) is 57.3 Å². The fourth-order valence-corrected chi connectivity index (χ4v) is 1.92. The molecule has 0 aliphatic rings. The molecule has 0 heterocycles. The molecule has 0 spiro atoms. The van der Waals surface area contributed by atoms with Crippen LogP contribution in [-0.4, -0.2) is 64.8 Å². The quantitative estimate of drug-likeness (QED) is 0.169. The van der Waals surface area contributed by atoms with Gasteiger partial charge in [0.2, 0.25) is 29.5 Å². The smallest absolute Gasteiger partial charge is 0.325 e. The van der Waals surface area contributed by atoms with Gasteiger partial charge < -0.3 is 38.3 Å². The van der Waals surface area contributed by atoms with Crippen molar-refractivity contribution >= 4 is 35.5 Å². The number of nitrogens with one attached hydrogen (secondary N) is 3. The lowest BCUT2D eigenvalue weighted by Gasteiger charge is -2.22. The summed E-state index contributed by atoms with van der Waals surface area (Å²) in [5, 5.41) is 15.5. The molecule has 0 aromatic heterocycles. The molecule has 0 aromatic carbocycles. The van der Waals surface area contributed by atoms with Crippen molar-refractivity contribution in [3.8, 4) is 0 Å². The second-order valence-electron chi connectivity index (χ2n) is 6.14. The van der Waals surface area contributed by atoms with Crippen molar-refractivity contribution in [2.75, 3.05) is 0 Å². The van der Waals surface area contributed by atoms with E-state index in [2.05, 4.69) is 16.0 Å². The largest absolute Gasteiger partial charge is 0.480 e. The van der Waals surface area contributed by atoms with Gasteiger partial charge in [0.05, 0.1) is 12.5 Å². The van der Waals surface area contributed by atoms with Gasteiger partial charge in [-0.1, -0.05) is 0 Å². The maximum Gasteiger partial charge on any atom is 0.325 e. The van der Waals surface area contributed by atoms with E-state index >= 15 is 0 Å². The molecule has 0 saturated heterocycles. The predicted octanol–water partition coefficient (Wildman–Crippen LogP) is -3.97. The Morgan fingerprint density at radius 3 is 1.82 bits per heavy atom. The molecule has 4 atom stereocenters. The van der Waals surface area contributed by atoms with Gasteiger partial charge in [-0.05, 0) is 20.3 Å². The van der Waals surface area contributed by atoms with Crippen LogP contribution in [0, 0.1) is 0 Å². The second kappa shape index (κ2) is 11.5. The lowest BCUT2D eigenvalue weighted by Crippen LogP contribution is -2.56. The number of carbonyl (C=O) groups excluding carboxylic acids is 5. The topological polar surface area (TPSA) is 237 Å². The normalized spacial score (nSPS) is 14.7. The summed E-state index contributed by atoms with van der Waals surface area (Å²) in [6.45, 7) is 2.54. The minimum absolute atomic E-state index is 0.184. The zero-order valence-corrected chi connectivity index (χ0v) is 15.6. The Morgan fingerprint density at radius 2 is 1.36 bits per heavy atom. The Hall–Kier alpha value is -3.22. The molecule has 28 heavy (non-hydrogen) atoms. The molecule has 0 bridgehead atoms. The van der Waals surface area contributed by atoms with E-state index in [1.54, 1.807) is 0 Å². The molecule has 0 rings (SSSR count). The number of carboxylic acids is 1. The number of carbonyl (C=O) groups is 6. The number of hydrogen-bond acceptors (Lipinski definition) is 7. The molecule has 13 nitrogen and oxygen atoms in total. The van der Waals surface area contributed by atoms with Gasteiger partial charge in [-0.15, -0.1) is 0 Å². The monoisotopic (exact) mass is 402 g/mol. The van der Waals surface area contributed by atoms with Gasteiger partial charge >= 0.3 is 5.97 Å². The van der Waals surface area contributed by atoms with Crippen molar-refractivity contribution in [3.63, 3.8) is 0 Å². The van der Waals surface area contributed by atoms with Crippen molar-refractivity contribution in [3.05, 3.63) is 0 Å². The van der Waals surface area contributed by atoms with Crippen LogP contribution in [0.15, 0.2) is 0 Å². The minimum Gasteiger partial charge on any atom is -0.480 e. The first kappa shape index (κ1) is 24.8. The van der Waals surface area contributed by atoms with E-state index in [9.17, 15) is 28.8 Å². The Bertz CT molecular complexity index is 638. The summed E-state index contributed by atoms with van der Waals surface area (Å²) in [5.74, 6) is -5.27. The highest BCUT2D eigenvalue weighted by Crippen LogP contribution is 2.01. The number of aliphatic carboxylic acids is 1. The number of nitrogens with two attached hydrogens (primary N) is 3. The van der Waals surface area contributed by atoms with Crippen LogP contribution < -0.4 is 33.2 Å². The lowest BCUT2D eigenvalue weighted by molar-refractivity contribution is -0.141. The number of amides is 5. The summed E-state index contributed by atoms with van der Waals surface area (Å²) in [6.07, 6.45) is -0.891. The summed E-state index contributed by atoms with van der Waals surface area (Å²) >= 11 is 0. The third kappa shape index (κ3) is 9.47. The van der Waals surface area contributed by atoms with E-state index in [-0.39, 0.29) is 12.8 Å². The molecule has 0 aliphatic heterocycles. The first-order valence-electron chi connectivity index (χ1n) is 8.31. The standard InChI is InChI=1S/C15H26N6O7/c1-6(12(24)20-7(2)15(27)28)19-14(26)9(3-4-10(17)22)21-13(25)8(16)5-11(18)23/h6-9H,3-5,16H2,1-2H3,(H2,17,22)(H2,18,23)(H,19,26)(H,20,24)(H,21,25)(H,27,28). The molecule has 0 aromatic rings. The fraction of sp³-hybridized carbons (Fsp3) is 0.600. The van der Waals surface area contributed by atoms with E-state index in [1.807, 2.05) is 0 Å². The van der Waals surface area contributed by atoms with Crippen LogP contribution in [0.1, 0.15) is 33.1 Å². The minimum atomic E-state index is -1.31. The van der Waals surface area contributed by atoms with Crippen LogP contribution in [0.25, 0.3) is 0 Å². The predicted molar refractivity (Wildman–Crippen MR) is 95.0 cm³/mol. The van der Waals surface area contributed by atoms with Gasteiger partial charge in [0.25, 0.3) is 0 Å². The average molecular weight is 402 g/mol. The van der Waals surface area contributed by atoms with Crippen LogP contribution in [0.5, 0.6) is 0 Å². The molecule has 13 heteroatoms. The molecule has 0 radical (unpaired) electrons. The molecule has 10 N–H and O–H groups in total. The number of rotatable bonds is 12. The molecule has 158 valence electrons. The average Bonchev–Trinajstić information content (AvgIpc) is 2.56. The van der Waals surface area contributed by atoms with Crippen molar-refractivity contribution in [1.82, 2.24) is 16.0 Å². The van der Waals surface area contributed by atoms with Crippen molar-refractivity contribution in [1.29, 1.82) is 0 Å². The molecule has 4 unspecified atom stereocenters. The van der Waals surface area contributed by atoms with Crippen LogP contribution >= 0.6 is 0 Å². The Labute approximate surface area is 160 Å². The molecule has 0 fully saturated rings. The molecular formula is C15H26N6O7. The first-order chi connectivity index (χ1) is 12.8. The lowest BCUT2D eigenvalue weighted by atomic mass is 10.1. The SMILES string of the molecule is CC(NC(=O)C(C)NC(=O)C(CCC(N)=O)NC(=O)C(N)CC(N)=O)C(=O)O. The number of hydrogen-bond donors (Lipinski definition) is 7. The highest BCUT2D eigenvalue weighted by molar-refractivity contribution is 5.95. The second-order valence-corrected chi connectivity index (χ2v) is 6.14. The van der Waals surface area contributed by atoms with E-state index in [0.29, 0.717) is 0 Å². The number of carboxylic acid groups (broad SMARTS) is 1. The molecule has 0 aliphatic carbocycles. The molecule has 5 amide bonds.